The quantitative estimate of drug-likeness (QED) is 0.814. The SMILES string of the molecule is CC(C)(C)OC(=O)NCCCSCc1ccccn1. The zero-order chi connectivity index (χ0) is 14.1. The summed E-state index contributed by atoms with van der Waals surface area (Å²) in [4.78, 5) is 15.6. The highest BCUT2D eigenvalue weighted by Crippen LogP contribution is 2.10. The molecule has 0 fully saturated rings. The van der Waals surface area contributed by atoms with E-state index in [9.17, 15) is 4.79 Å². The van der Waals surface area contributed by atoms with E-state index in [1.165, 1.54) is 0 Å². The first-order chi connectivity index (χ1) is 8.97. The largest absolute Gasteiger partial charge is 0.444 e. The maximum absolute atomic E-state index is 11.4. The van der Waals surface area contributed by atoms with Gasteiger partial charge in [0.05, 0.1) is 5.69 Å². The van der Waals surface area contributed by atoms with Crippen molar-refractivity contribution in [1.82, 2.24) is 10.3 Å². The smallest absolute Gasteiger partial charge is 0.407 e. The summed E-state index contributed by atoms with van der Waals surface area (Å²) in [5.74, 6) is 1.90. The molecular weight excluding hydrogens is 260 g/mol. The van der Waals surface area contributed by atoms with E-state index in [2.05, 4.69) is 10.3 Å². The van der Waals surface area contributed by atoms with E-state index in [1.54, 1.807) is 6.20 Å². The van der Waals surface area contributed by atoms with E-state index in [0.29, 0.717) is 6.54 Å². The minimum absolute atomic E-state index is 0.345. The van der Waals surface area contributed by atoms with Gasteiger partial charge < -0.3 is 10.1 Å². The standard InChI is InChI=1S/C14H22N2O2S/c1-14(2,3)18-13(17)16-9-6-10-19-11-12-7-4-5-8-15-12/h4-5,7-8H,6,9-11H2,1-3H3,(H,16,17). The van der Waals surface area contributed by atoms with Crippen LogP contribution in [0.1, 0.15) is 32.9 Å². The summed E-state index contributed by atoms with van der Waals surface area (Å²) in [6.45, 7) is 6.21. The predicted octanol–water partition coefficient (Wildman–Crippen LogP) is 3.23. The highest BCUT2D eigenvalue weighted by molar-refractivity contribution is 7.98. The topological polar surface area (TPSA) is 51.2 Å². The number of aromatic nitrogens is 1. The van der Waals surface area contributed by atoms with Gasteiger partial charge in [-0.1, -0.05) is 6.07 Å². The van der Waals surface area contributed by atoms with Gasteiger partial charge in [-0.25, -0.2) is 4.79 Å². The van der Waals surface area contributed by atoms with E-state index >= 15 is 0 Å². The number of ether oxygens (including phenoxy) is 1. The lowest BCUT2D eigenvalue weighted by Gasteiger charge is -2.19. The van der Waals surface area contributed by atoms with Crippen LogP contribution in [0.2, 0.25) is 0 Å². The first kappa shape index (κ1) is 15.8. The average molecular weight is 282 g/mol. The lowest BCUT2D eigenvalue weighted by Crippen LogP contribution is -2.33. The first-order valence-electron chi connectivity index (χ1n) is 6.42. The zero-order valence-corrected chi connectivity index (χ0v) is 12.6. The van der Waals surface area contributed by atoms with Crippen LogP contribution < -0.4 is 5.32 Å². The normalized spacial score (nSPS) is 11.1. The summed E-state index contributed by atoms with van der Waals surface area (Å²) < 4.78 is 5.15. The van der Waals surface area contributed by atoms with Gasteiger partial charge in [-0.05, 0) is 45.1 Å². The number of carbonyl (C=O) groups excluding carboxylic acids is 1. The molecule has 0 radical (unpaired) electrons. The average Bonchev–Trinajstić information content (AvgIpc) is 2.32. The van der Waals surface area contributed by atoms with E-state index in [0.717, 1.165) is 23.6 Å². The number of rotatable bonds is 6. The highest BCUT2D eigenvalue weighted by Gasteiger charge is 2.15. The van der Waals surface area contributed by atoms with Crippen LogP contribution in [0.5, 0.6) is 0 Å². The molecule has 0 unspecified atom stereocenters. The molecule has 0 aromatic carbocycles. The van der Waals surface area contributed by atoms with Crippen molar-refractivity contribution >= 4 is 17.9 Å². The Morgan fingerprint density at radius 2 is 2.21 bits per heavy atom. The number of hydrogen-bond donors (Lipinski definition) is 1. The molecule has 1 aromatic heterocycles. The monoisotopic (exact) mass is 282 g/mol. The Kier molecular flexibility index (Phi) is 6.70. The van der Waals surface area contributed by atoms with Gasteiger partial charge in [-0.2, -0.15) is 11.8 Å². The van der Waals surface area contributed by atoms with Crippen LogP contribution in [0.15, 0.2) is 24.4 Å². The Morgan fingerprint density at radius 1 is 1.42 bits per heavy atom. The van der Waals surface area contributed by atoms with Gasteiger partial charge in [-0.15, -0.1) is 0 Å². The Bertz CT molecular complexity index is 377. The second kappa shape index (κ2) is 8.04. The van der Waals surface area contributed by atoms with Crippen molar-refractivity contribution in [2.75, 3.05) is 12.3 Å². The van der Waals surface area contributed by atoms with Gasteiger partial charge in [0, 0.05) is 18.5 Å². The third-order valence-electron chi connectivity index (χ3n) is 2.11. The second-order valence-corrected chi connectivity index (χ2v) is 6.26. The second-order valence-electron chi connectivity index (χ2n) is 5.16. The van der Waals surface area contributed by atoms with Gasteiger partial charge in [-0.3, -0.25) is 4.98 Å². The fourth-order valence-corrected chi connectivity index (χ4v) is 2.21. The van der Waals surface area contributed by atoms with Crippen LogP contribution >= 0.6 is 11.8 Å². The molecule has 1 amide bonds. The molecule has 19 heavy (non-hydrogen) atoms. The number of carbonyl (C=O) groups is 1. The van der Waals surface area contributed by atoms with Crippen molar-refractivity contribution in [2.45, 2.75) is 38.5 Å². The molecule has 0 saturated heterocycles. The molecule has 0 spiro atoms. The van der Waals surface area contributed by atoms with Crippen LogP contribution in [0.4, 0.5) is 4.79 Å². The van der Waals surface area contributed by atoms with Crippen LogP contribution in [0, 0.1) is 0 Å². The van der Waals surface area contributed by atoms with Gasteiger partial charge in [0.2, 0.25) is 0 Å². The molecular formula is C14H22N2O2S. The number of hydrogen-bond acceptors (Lipinski definition) is 4. The fraction of sp³-hybridized carbons (Fsp3) is 0.571. The van der Waals surface area contributed by atoms with Crippen molar-refractivity contribution in [2.24, 2.45) is 0 Å². The van der Waals surface area contributed by atoms with E-state index in [-0.39, 0.29) is 6.09 Å². The van der Waals surface area contributed by atoms with E-state index in [4.69, 9.17) is 4.74 Å². The molecule has 1 heterocycles. The van der Waals surface area contributed by atoms with Crippen LogP contribution in [0.3, 0.4) is 0 Å². The summed E-state index contributed by atoms with van der Waals surface area (Å²) >= 11 is 1.82. The van der Waals surface area contributed by atoms with Crippen molar-refractivity contribution in [3.63, 3.8) is 0 Å². The van der Waals surface area contributed by atoms with Crippen molar-refractivity contribution < 1.29 is 9.53 Å². The first-order valence-corrected chi connectivity index (χ1v) is 7.57. The van der Waals surface area contributed by atoms with E-state index in [1.807, 2.05) is 50.7 Å². The van der Waals surface area contributed by atoms with Crippen LogP contribution in [-0.2, 0) is 10.5 Å². The summed E-state index contributed by atoms with van der Waals surface area (Å²) in [5, 5.41) is 2.75. The van der Waals surface area contributed by atoms with Crippen molar-refractivity contribution in [3.8, 4) is 0 Å². The number of nitrogens with zero attached hydrogens (tertiary/aromatic N) is 1. The molecule has 0 bridgehead atoms. The third-order valence-corrected chi connectivity index (χ3v) is 3.19. The molecule has 0 aliphatic heterocycles. The number of pyridine rings is 1. The van der Waals surface area contributed by atoms with E-state index < -0.39 is 5.60 Å². The molecule has 0 aliphatic carbocycles. The maximum atomic E-state index is 11.4. The summed E-state index contributed by atoms with van der Waals surface area (Å²) in [6, 6.07) is 5.93. The van der Waals surface area contributed by atoms with Crippen LogP contribution in [-0.4, -0.2) is 29.0 Å². The van der Waals surface area contributed by atoms with Crippen molar-refractivity contribution in [1.29, 1.82) is 0 Å². The molecule has 1 aromatic rings. The zero-order valence-electron chi connectivity index (χ0n) is 11.8. The van der Waals surface area contributed by atoms with Gasteiger partial charge in [0.15, 0.2) is 0 Å². The summed E-state index contributed by atoms with van der Waals surface area (Å²) in [7, 11) is 0. The molecule has 4 nitrogen and oxygen atoms in total. The lowest BCUT2D eigenvalue weighted by molar-refractivity contribution is 0.0528. The molecule has 0 saturated carbocycles. The number of alkyl carbamates (subject to hydrolysis) is 1. The lowest BCUT2D eigenvalue weighted by atomic mass is 10.2. The number of amides is 1. The number of thioether (sulfide) groups is 1. The Balaban J connectivity index is 2.01. The Hall–Kier alpha value is -1.23. The highest BCUT2D eigenvalue weighted by atomic mass is 32.2. The Labute approximate surface area is 119 Å². The third kappa shape index (κ3) is 8.48. The fourth-order valence-electron chi connectivity index (χ4n) is 1.34. The maximum Gasteiger partial charge on any atom is 0.407 e. The minimum Gasteiger partial charge on any atom is -0.444 e. The molecule has 1 N–H and O–H groups in total. The van der Waals surface area contributed by atoms with Crippen molar-refractivity contribution in [3.05, 3.63) is 30.1 Å². The van der Waals surface area contributed by atoms with Crippen LogP contribution in [0.25, 0.3) is 0 Å². The molecule has 1 rings (SSSR count). The molecule has 0 aliphatic rings. The molecule has 0 atom stereocenters. The Morgan fingerprint density at radius 3 is 2.84 bits per heavy atom. The molecule has 106 valence electrons. The van der Waals surface area contributed by atoms with Gasteiger partial charge in [0.25, 0.3) is 0 Å². The summed E-state index contributed by atoms with van der Waals surface area (Å²) in [5.41, 5.74) is 0.658. The molecule has 5 heteroatoms. The predicted molar refractivity (Wildman–Crippen MR) is 79.3 cm³/mol. The van der Waals surface area contributed by atoms with Gasteiger partial charge in [0.1, 0.15) is 5.60 Å². The summed E-state index contributed by atoms with van der Waals surface area (Å²) in [6.07, 6.45) is 2.39. The minimum atomic E-state index is -0.433. The van der Waals surface area contributed by atoms with Gasteiger partial charge >= 0.3 is 6.09 Å². The number of nitrogens with one attached hydrogen (secondary N) is 1.